The maximum atomic E-state index is 12.2. The summed E-state index contributed by atoms with van der Waals surface area (Å²) < 4.78 is 28.3. The van der Waals surface area contributed by atoms with Crippen molar-refractivity contribution in [2.24, 2.45) is 5.10 Å². The molecule has 0 atom stereocenters. The molecule has 1 aromatic heterocycles. The molecule has 0 saturated heterocycles. The standard InChI is InChI=1S/C11H8N4O3S2/c1-6-12-11(19-15-6)14-13-10-9(16)7-4-2-3-5-8(7)20(10,17)18/h2-5H,1H3,(H,12,14,15)/b13-10-. The van der Waals surface area contributed by atoms with Crippen molar-refractivity contribution in [1.29, 1.82) is 0 Å². The summed E-state index contributed by atoms with van der Waals surface area (Å²) in [5.74, 6) is -0.0732. The van der Waals surface area contributed by atoms with Crippen molar-refractivity contribution in [1.82, 2.24) is 9.36 Å². The van der Waals surface area contributed by atoms with E-state index >= 15 is 0 Å². The van der Waals surface area contributed by atoms with Crippen LogP contribution in [0.25, 0.3) is 0 Å². The number of hydrazone groups is 1. The molecule has 0 radical (unpaired) electrons. The third-order valence-corrected chi connectivity index (χ3v) is 5.08. The van der Waals surface area contributed by atoms with Gasteiger partial charge in [0.15, 0.2) is 0 Å². The van der Waals surface area contributed by atoms with Crippen molar-refractivity contribution < 1.29 is 13.2 Å². The van der Waals surface area contributed by atoms with E-state index in [2.05, 4.69) is 19.9 Å². The van der Waals surface area contributed by atoms with E-state index in [9.17, 15) is 13.2 Å². The van der Waals surface area contributed by atoms with Crippen molar-refractivity contribution in [2.75, 3.05) is 5.43 Å². The Morgan fingerprint density at radius 1 is 1.30 bits per heavy atom. The van der Waals surface area contributed by atoms with Gasteiger partial charge in [-0.1, -0.05) is 12.1 Å². The molecular weight excluding hydrogens is 300 g/mol. The van der Waals surface area contributed by atoms with E-state index in [1.54, 1.807) is 19.1 Å². The van der Waals surface area contributed by atoms with Crippen LogP contribution in [-0.2, 0) is 9.84 Å². The van der Waals surface area contributed by atoms with Gasteiger partial charge in [-0.15, -0.1) is 0 Å². The van der Waals surface area contributed by atoms with Crippen LogP contribution < -0.4 is 5.43 Å². The lowest BCUT2D eigenvalue weighted by Gasteiger charge is -1.96. The van der Waals surface area contributed by atoms with Crippen molar-refractivity contribution in [3.05, 3.63) is 35.7 Å². The summed E-state index contributed by atoms with van der Waals surface area (Å²) in [5.41, 5.74) is 2.60. The zero-order valence-electron chi connectivity index (χ0n) is 10.2. The number of aromatic nitrogens is 2. The number of carbonyl (C=O) groups is 1. The van der Waals surface area contributed by atoms with Crippen LogP contribution in [-0.4, -0.2) is 28.6 Å². The molecule has 2 heterocycles. The molecule has 9 heteroatoms. The van der Waals surface area contributed by atoms with Gasteiger partial charge in [-0.2, -0.15) is 9.47 Å². The van der Waals surface area contributed by atoms with Crippen LogP contribution in [0.2, 0.25) is 0 Å². The van der Waals surface area contributed by atoms with Crippen molar-refractivity contribution >= 4 is 37.3 Å². The van der Waals surface area contributed by atoms with Gasteiger partial charge in [0.25, 0.3) is 0 Å². The minimum absolute atomic E-state index is 0.0148. The highest BCUT2D eigenvalue weighted by Gasteiger charge is 2.41. The molecule has 0 saturated carbocycles. The summed E-state index contributed by atoms with van der Waals surface area (Å²) in [4.78, 5) is 16.0. The second-order valence-corrected chi connectivity index (χ2v) is 6.59. The van der Waals surface area contributed by atoms with Crippen molar-refractivity contribution in [2.45, 2.75) is 11.8 Å². The number of rotatable bonds is 2. The lowest BCUT2D eigenvalue weighted by Crippen LogP contribution is -2.17. The number of nitrogens with zero attached hydrogens (tertiary/aromatic N) is 3. The number of benzene rings is 1. The van der Waals surface area contributed by atoms with Gasteiger partial charge in [-0.25, -0.2) is 18.8 Å². The molecule has 0 unspecified atom stereocenters. The van der Waals surface area contributed by atoms with Crippen LogP contribution in [0.4, 0.5) is 5.13 Å². The average Bonchev–Trinajstić information content (AvgIpc) is 2.91. The summed E-state index contributed by atoms with van der Waals surface area (Å²) in [5, 5.41) is 3.50. The van der Waals surface area contributed by atoms with Gasteiger partial charge in [0.2, 0.25) is 25.8 Å². The first-order chi connectivity index (χ1) is 9.50. The van der Waals surface area contributed by atoms with Gasteiger partial charge in [0.1, 0.15) is 5.82 Å². The van der Waals surface area contributed by atoms with E-state index in [0.717, 1.165) is 11.5 Å². The normalized spacial score (nSPS) is 18.2. The molecular formula is C11H8N4O3S2. The summed E-state index contributed by atoms with van der Waals surface area (Å²) in [6.45, 7) is 1.70. The quantitative estimate of drug-likeness (QED) is 0.838. The van der Waals surface area contributed by atoms with Gasteiger partial charge in [-0.3, -0.25) is 4.79 Å². The molecule has 0 spiro atoms. The third kappa shape index (κ3) is 1.91. The smallest absolute Gasteiger partial charge is 0.230 e. The van der Waals surface area contributed by atoms with Crippen LogP contribution in [0.5, 0.6) is 0 Å². The van der Waals surface area contributed by atoms with Crippen LogP contribution in [0.3, 0.4) is 0 Å². The van der Waals surface area contributed by atoms with Gasteiger partial charge in [0, 0.05) is 17.1 Å². The Balaban J connectivity index is 2.02. The number of ketones is 1. The highest BCUT2D eigenvalue weighted by atomic mass is 32.2. The summed E-state index contributed by atoms with van der Waals surface area (Å²) in [7, 11) is -3.86. The first-order valence-corrected chi connectivity index (χ1v) is 7.78. The number of sulfone groups is 1. The number of fused-ring (bicyclic) bond motifs is 1. The molecule has 0 aliphatic carbocycles. The summed E-state index contributed by atoms with van der Waals surface area (Å²) in [6.07, 6.45) is 0. The van der Waals surface area contributed by atoms with Gasteiger partial charge < -0.3 is 0 Å². The SMILES string of the molecule is Cc1nsc(N/N=C2/C(=O)c3ccccc3S2(=O)=O)n1. The second kappa shape index (κ2) is 4.46. The van der Waals surface area contributed by atoms with Crippen molar-refractivity contribution in [3.63, 3.8) is 0 Å². The lowest BCUT2D eigenvalue weighted by atomic mass is 10.1. The molecule has 0 amide bonds. The zero-order valence-corrected chi connectivity index (χ0v) is 11.8. The van der Waals surface area contributed by atoms with Crippen LogP contribution in [0, 0.1) is 6.92 Å². The molecule has 1 aliphatic heterocycles. The van der Waals surface area contributed by atoms with E-state index < -0.39 is 20.7 Å². The Morgan fingerprint density at radius 3 is 2.70 bits per heavy atom. The average molecular weight is 308 g/mol. The highest BCUT2D eigenvalue weighted by molar-refractivity contribution is 8.09. The molecule has 3 rings (SSSR count). The van der Waals surface area contributed by atoms with Crippen molar-refractivity contribution in [3.8, 4) is 0 Å². The number of hydrogen-bond acceptors (Lipinski definition) is 8. The first kappa shape index (κ1) is 12.9. The van der Waals surface area contributed by atoms with Gasteiger partial charge in [0.05, 0.1) is 4.90 Å². The van der Waals surface area contributed by atoms with Crippen LogP contribution >= 0.6 is 11.5 Å². The fraction of sp³-hybridized carbons (Fsp3) is 0.0909. The van der Waals surface area contributed by atoms with Gasteiger partial charge >= 0.3 is 0 Å². The molecule has 2 aromatic rings. The maximum Gasteiger partial charge on any atom is 0.230 e. The fourth-order valence-corrected chi connectivity index (χ4v) is 3.74. The van der Waals surface area contributed by atoms with E-state index in [0.29, 0.717) is 11.0 Å². The topological polar surface area (TPSA) is 101 Å². The predicted molar refractivity (Wildman–Crippen MR) is 73.7 cm³/mol. The molecule has 1 N–H and O–H groups in total. The Bertz CT molecular complexity index is 839. The van der Waals surface area contributed by atoms with Crippen LogP contribution in [0.15, 0.2) is 34.3 Å². The zero-order chi connectivity index (χ0) is 14.3. The second-order valence-electron chi connectivity index (χ2n) is 4.00. The number of aryl methyl sites for hydroxylation is 1. The Kier molecular flexibility index (Phi) is 2.87. The number of nitrogens with one attached hydrogen (secondary N) is 1. The summed E-state index contributed by atoms with van der Waals surface area (Å²) >= 11 is 1.03. The lowest BCUT2D eigenvalue weighted by molar-refractivity contribution is 0.106. The third-order valence-electron chi connectivity index (χ3n) is 2.65. The van der Waals surface area contributed by atoms with E-state index in [4.69, 9.17) is 0 Å². The van der Waals surface area contributed by atoms with Crippen LogP contribution in [0.1, 0.15) is 16.2 Å². The predicted octanol–water partition coefficient (Wildman–Crippen LogP) is 1.24. The minimum Gasteiger partial charge on any atom is -0.286 e. The molecule has 20 heavy (non-hydrogen) atoms. The first-order valence-electron chi connectivity index (χ1n) is 5.53. The minimum atomic E-state index is -3.86. The molecule has 1 aliphatic rings. The number of hydrogen-bond donors (Lipinski definition) is 1. The Labute approximate surface area is 118 Å². The van der Waals surface area contributed by atoms with E-state index in [1.807, 2.05) is 0 Å². The largest absolute Gasteiger partial charge is 0.286 e. The molecule has 0 fully saturated rings. The highest BCUT2D eigenvalue weighted by Crippen LogP contribution is 2.27. The fourth-order valence-electron chi connectivity index (χ4n) is 1.78. The number of anilines is 1. The Morgan fingerprint density at radius 2 is 2.05 bits per heavy atom. The van der Waals surface area contributed by atoms with Gasteiger partial charge in [-0.05, 0) is 19.1 Å². The molecule has 102 valence electrons. The maximum absolute atomic E-state index is 12.2. The summed E-state index contributed by atoms with van der Waals surface area (Å²) in [6, 6.07) is 6.03. The van der Waals surface area contributed by atoms with E-state index in [-0.39, 0.29) is 10.5 Å². The molecule has 0 bridgehead atoms. The molecule has 1 aromatic carbocycles. The Hall–Kier alpha value is -2.13. The molecule has 7 nitrogen and oxygen atoms in total. The number of Topliss-reactive ketones (excluding diaryl/α,β-unsaturated/α-hetero) is 1. The number of carbonyl (C=O) groups excluding carboxylic acids is 1. The van der Waals surface area contributed by atoms with E-state index in [1.165, 1.54) is 12.1 Å². The monoisotopic (exact) mass is 308 g/mol.